The van der Waals surface area contributed by atoms with E-state index in [0.717, 1.165) is 35.4 Å². The molecular weight excluding hydrogens is 375 g/mol. The van der Waals surface area contributed by atoms with Crippen molar-refractivity contribution in [2.45, 2.75) is 31.9 Å². The average Bonchev–Trinajstić information content (AvgIpc) is 3.29. The van der Waals surface area contributed by atoms with Crippen LogP contribution in [0.5, 0.6) is 11.5 Å². The normalized spacial score (nSPS) is 19.6. The number of benzene rings is 2. The number of hydrogen-bond donors (Lipinski definition) is 0. The molecule has 0 aromatic heterocycles. The summed E-state index contributed by atoms with van der Waals surface area (Å²) in [6.07, 6.45) is 2.27. The molecule has 0 saturated heterocycles. The Morgan fingerprint density at radius 1 is 1.10 bits per heavy atom. The molecule has 1 saturated carbocycles. The number of hydrogen-bond acceptors (Lipinski definition) is 5. The van der Waals surface area contributed by atoms with Crippen molar-refractivity contribution in [2.75, 3.05) is 13.3 Å². The first kappa shape index (κ1) is 18.0. The molecule has 1 fully saturated rings. The number of nitrogens with zero attached hydrogens (tertiary/aromatic N) is 2. The van der Waals surface area contributed by atoms with Gasteiger partial charge in [-0.1, -0.05) is 17.3 Å². The zero-order valence-electron chi connectivity index (χ0n) is 15.8. The minimum atomic E-state index is -0.283. The summed E-state index contributed by atoms with van der Waals surface area (Å²) in [5, 5.41) is 4.24. The summed E-state index contributed by atoms with van der Waals surface area (Å²) in [5.74, 6) is 1.39. The highest BCUT2D eigenvalue weighted by Crippen LogP contribution is 2.34. The quantitative estimate of drug-likeness (QED) is 0.750. The zero-order valence-corrected chi connectivity index (χ0v) is 15.8. The van der Waals surface area contributed by atoms with Crippen LogP contribution in [0, 0.1) is 11.7 Å². The van der Waals surface area contributed by atoms with Gasteiger partial charge in [-0.3, -0.25) is 4.79 Å². The molecule has 2 aromatic carbocycles. The van der Waals surface area contributed by atoms with Crippen LogP contribution >= 0.6 is 0 Å². The molecule has 2 aromatic rings. The van der Waals surface area contributed by atoms with Crippen molar-refractivity contribution in [3.05, 3.63) is 59.4 Å². The number of fused-ring (bicyclic) bond motifs is 1. The third-order valence-electron chi connectivity index (χ3n) is 5.39. The Bertz CT molecular complexity index is 956. The molecule has 5 rings (SSSR count). The molecule has 0 unspecified atom stereocenters. The van der Waals surface area contributed by atoms with Crippen LogP contribution in [-0.2, 0) is 16.2 Å². The Balaban J connectivity index is 1.26. The maximum atomic E-state index is 13.2. The standard InChI is InChI=1S/C22H21FN2O4/c23-17-6-1-14(2-7-17)11-25(22(26)15-3-4-15)12-18-10-19(24-29-18)16-5-8-20-21(9-16)28-13-27-20/h1-2,5-9,15,18H,3-4,10-13H2/t18-/m0/s1. The highest BCUT2D eigenvalue weighted by molar-refractivity contribution is 6.01. The van der Waals surface area contributed by atoms with Crippen molar-refractivity contribution < 1.29 is 23.5 Å². The van der Waals surface area contributed by atoms with Gasteiger partial charge < -0.3 is 19.2 Å². The summed E-state index contributed by atoms with van der Waals surface area (Å²) >= 11 is 0. The van der Waals surface area contributed by atoms with Gasteiger partial charge in [-0.25, -0.2) is 4.39 Å². The first-order chi connectivity index (χ1) is 14.2. The van der Waals surface area contributed by atoms with Crippen molar-refractivity contribution in [1.29, 1.82) is 0 Å². The second kappa shape index (κ2) is 7.39. The summed E-state index contributed by atoms with van der Waals surface area (Å²) < 4.78 is 24.0. The number of oxime groups is 1. The molecule has 0 radical (unpaired) electrons. The number of carbonyl (C=O) groups excluding carboxylic acids is 1. The Morgan fingerprint density at radius 2 is 1.90 bits per heavy atom. The highest BCUT2D eigenvalue weighted by atomic mass is 19.1. The summed E-state index contributed by atoms with van der Waals surface area (Å²) in [6, 6.07) is 12.0. The van der Waals surface area contributed by atoms with E-state index in [2.05, 4.69) is 5.16 Å². The fourth-order valence-electron chi connectivity index (χ4n) is 3.65. The van der Waals surface area contributed by atoms with Crippen molar-refractivity contribution in [3.63, 3.8) is 0 Å². The van der Waals surface area contributed by atoms with E-state index in [1.807, 2.05) is 23.1 Å². The maximum Gasteiger partial charge on any atom is 0.231 e. The monoisotopic (exact) mass is 396 g/mol. The Morgan fingerprint density at radius 3 is 2.69 bits per heavy atom. The number of halogens is 1. The van der Waals surface area contributed by atoms with E-state index >= 15 is 0 Å². The highest BCUT2D eigenvalue weighted by Gasteiger charge is 2.35. The number of amides is 1. The third-order valence-corrected chi connectivity index (χ3v) is 5.39. The van der Waals surface area contributed by atoms with E-state index in [9.17, 15) is 9.18 Å². The number of rotatable bonds is 6. The van der Waals surface area contributed by atoms with Crippen LogP contribution in [0.1, 0.15) is 30.4 Å². The summed E-state index contributed by atoms with van der Waals surface area (Å²) in [6.45, 7) is 1.12. The van der Waals surface area contributed by atoms with E-state index in [4.69, 9.17) is 14.3 Å². The zero-order chi connectivity index (χ0) is 19.8. The van der Waals surface area contributed by atoms with E-state index in [1.54, 1.807) is 12.1 Å². The first-order valence-electron chi connectivity index (χ1n) is 9.81. The molecule has 1 amide bonds. The Labute approximate surface area is 167 Å². The number of ether oxygens (including phenoxy) is 2. The molecule has 6 nitrogen and oxygen atoms in total. The van der Waals surface area contributed by atoms with Gasteiger partial charge in [0, 0.05) is 24.4 Å². The lowest BCUT2D eigenvalue weighted by molar-refractivity contribution is -0.135. The van der Waals surface area contributed by atoms with E-state index in [0.29, 0.717) is 25.3 Å². The van der Waals surface area contributed by atoms with Gasteiger partial charge in [0.1, 0.15) is 5.82 Å². The molecule has 2 heterocycles. The number of carbonyl (C=O) groups is 1. The molecule has 0 spiro atoms. The average molecular weight is 396 g/mol. The Kier molecular flexibility index (Phi) is 4.58. The lowest BCUT2D eigenvalue weighted by Gasteiger charge is -2.25. The molecular formula is C22H21FN2O4. The summed E-state index contributed by atoms with van der Waals surface area (Å²) in [4.78, 5) is 20.2. The second-order valence-electron chi connectivity index (χ2n) is 7.66. The largest absolute Gasteiger partial charge is 0.454 e. The van der Waals surface area contributed by atoms with E-state index in [1.165, 1.54) is 12.1 Å². The molecule has 7 heteroatoms. The molecule has 29 heavy (non-hydrogen) atoms. The molecule has 0 N–H and O–H groups in total. The van der Waals surface area contributed by atoms with Gasteiger partial charge in [0.25, 0.3) is 0 Å². The summed E-state index contributed by atoms with van der Waals surface area (Å²) in [5.41, 5.74) is 2.65. The lowest BCUT2D eigenvalue weighted by atomic mass is 10.0. The van der Waals surface area contributed by atoms with Crippen LogP contribution in [0.25, 0.3) is 0 Å². The molecule has 3 aliphatic rings. The van der Waals surface area contributed by atoms with Gasteiger partial charge in [-0.2, -0.15) is 0 Å². The van der Waals surface area contributed by atoms with Crippen LogP contribution in [0.3, 0.4) is 0 Å². The molecule has 2 aliphatic heterocycles. The van der Waals surface area contributed by atoms with Gasteiger partial charge in [-0.15, -0.1) is 0 Å². The van der Waals surface area contributed by atoms with Crippen LogP contribution < -0.4 is 9.47 Å². The predicted octanol–water partition coefficient (Wildman–Crippen LogP) is 3.49. The van der Waals surface area contributed by atoms with Crippen molar-refractivity contribution >= 4 is 11.6 Å². The van der Waals surface area contributed by atoms with Crippen LogP contribution in [0.2, 0.25) is 0 Å². The van der Waals surface area contributed by atoms with Gasteiger partial charge in [0.2, 0.25) is 12.7 Å². The minimum Gasteiger partial charge on any atom is -0.454 e. The third kappa shape index (κ3) is 3.90. The van der Waals surface area contributed by atoms with Crippen LogP contribution in [0.4, 0.5) is 4.39 Å². The van der Waals surface area contributed by atoms with Gasteiger partial charge >= 0.3 is 0 Å². The topological polar surface area (TPSA) is 60.4 Å². The molecule has 1 atom stereocenters. The van der Waals surface area contributed by atoms with Gasteiger partial charge in [-0.05, 0) is 48.7 Å². The van der Waals surface area contributed by atoms with Gasteiger partial charge in [0.15, 0.2) is 17.6 Å². The lowest BCUT2D eigenvalue weighted by Crippen LogP contribution is -2.38. The molecule has 1 aliphatic carbocycles. The van der Waals surface area contributed by atoms with Gasteiger partial charge in [0.05, 0.1) is 12.3 Å². The first-order valence-corrected chi connectivity index (χ1v) is 9.81. The maximum absolute atomic E-state index is 13.2. The van der Waals surface area contributed by atoms with E-state index < -0.39 is 0 Å². The van der Waals surface area contributed by atoms with E-state index in [-0.39, 0.29) is 30.5 Å². The minimum absolute atomic E-state index is 0.103. The van der Waals surface area contributed by atoms with Crippen molar-refractivity contribution in [1.82, 2.24) is 4.90 Å². The fraction of sp³-hybridized carbons (Fsp3) is 0.364. The predicted molar refractivity (Wildman–Crippen MR) is 103 cm³/mol. The SMILES string of the molecule is O=C(C1CC1)N(Cc1ccc(F)cc1)C[C@@H]1CC(c2ccc3c(c2)OCO3)=NO1. The van der Waals surface area contributed by atoms with Crippen molar-refractivity contribution in [2.24, 2.45) is 11.1 Å². The molecule has 0 bridgehead atoms. The second-order valence-corrected chi connectivity index (χ2v) is 7.66. The fourth-order valence-corrected chi connectivity index (χ4v) is 3.65. The van der Waals surface area contributed by atoms with Crippen LogP contribution in [-0.4, -0.2) is 36.0 Å². The smallest absolute Gasteiger partial charge is 0.231 e. The Hall–Kier alpha value is -3.09. The van der Waals surface area contributed by atoms with Crippen molar-refractivity contribution in [3.8, 4) is 11.5 Å². The molecule has 150 valence electrons. The summed E-state index contributed by atoms with van der Waals surface area (Å²) in [7, 11) is 0. The van der Waals surface area contributed by atoms with Crippen LogP contribution in [0.15, 0.2) is 47.6 Å².